The first-order chi connectivity index (χ1) is 8.28. The van der Waals surface area contributed by atoms with Crippen LogP contribution < -0.4 is 5.73 Å². The number of aryl methyl sites for hydroxylation is 1. The topological polar surface area (TPSA) is 70.1 Å². The van der Waals surface area contributed by atoms with Gasteiger partial charge in [-0.15, -0.1) is 0 Å². The molecule has 0 spiro atoms. The van der Waals surface area contributed by atoms with Gasteiger partial charge in [0.15, 0.2) is 0 Å². The zero-order valence-corrected chi connectivity index (χ0v) is 11.0. The van der Waals surface area contributed by atoms with Crippen LogP contribution in [-0.2, 0) is 11.8 Å². The van der Waals surface area contributed by atoms with Crippen molar-refractivity contribution in [2.75, 3.05) is 5.73 Å². The van der Waals surface area contributed by atoms with Crippen LogP contribution >= 0.6 is 0 Å². The fourth-order valence-corrected chi connectivity index (χ4v) is 1.68. The molecule has 1 aromatic carbocycles. The van der Waals surface area contributed by atoms with Gasteiger partial charge in [-0.25, -0.2) is 9.78 Å². The third-order valence-electron chi connectivity index (χ3n) is 2.55. The fourth-order valence-electron chi connectivity index (χ4n) is 1.68. The lowest BCUT2D eigenvalue weighted by Gasteiger charge is -2.19. The average molecular weight is 247 g/mol. The van der Waals surface area contributed by atoms with Gasteiger partial charge in [-0.2, -0.15) is 0 Å². The third-order valence-corrected chi connectivity index (χ3v) is 2.55. The molecule has 5 nitrogen and oxygen atoms in total. The van der Waals surface area contributed by atoms with Gasteiger partial charge < -0.3 is 15.0 Å². The van der Waals surface area contributed by atoms with Gasteiger partial charge in [0.05, 0.1) is 16.6 Å². The summed E-state index contributed by atoms with van der Waals surface area (Å²) in [7, 11) is 1.83. The highest BCUT2D eigenvalue weighted by molar-refractivity contribution is 5.94. The molecule has 0 saturated heterocycles. The predicted octanol–water partition coefficient (Wildman–Crippen LogP) is 2.11. The van der Waals surface area contributed by atoms with E-state index in [4.69, 9.17) is 10.5 Å². The number of carbonyl (C=O) groups excluding carboxylic acids is 1. The van der Waals surface area contributed by atoms with Gasteiger partial charge in [0, 0.05) is 7.05 Å². The van der Waals surface area contributed by atoms with Crippen molar-refractivity contribution in [1.82, 2.24) is 9.55 Å². The molecule has 1 heterocycles. The average Bonchev–Trinajstić information content (AvgIpc) is 2.52. The molecule has 5 heteroatoms. The quantitative estimate of drug-likeness (QED) is 0.783. The molecule has 2 rings (SSSR count). The molecule has 0 aliphatic heterocycles. The van der Waals surface area contributed by atoms with E-state index in [1.807, 2.05) is 33.9 Å². The zero-order chi connectivity index (χ0) is 13.5. The summed E-state index contributed by atoms with van der Waals surface area (Å²) in [5, 5.41) is 0. The first kappa shape index (κ1) is 12.4. The molecular weight excluding hydrogens is 230 g/mol. The summed E-state index contributed by atoms with van der Waals surface area (Å²) in [6.45, 7) is 5.51. The number of hydrogen-bond donors (Lipinski definition) is 1. The minimum Gasteiger partial charge on any atom is -0.456 e. The predicted molar refractivity (Wildman–Crippen MR) is 70.3 cm³/mol. The van der Waals surface area contributed by atoms with Crippen LogP contribution in [0.1, 0.15) is 31.1 Å². The molecule has 0 bridgehead atoms. The molecule has 0 unspecified atom stereocenters. The number of carbonyl (C=O) groups is 1. The Morgan fingerprint density at radius 1 is 1.39 bits per heavy atom. The molecule has 0 fully saturated rings. The Balaban J connectivity index is 2.39. The Kier molecular flexibility index (Phi) is 2.77. The molecule has 18 heavy (non-hydrogen) atoms. The van der Waals surface area contributed by atoms with Crippen LogP contribution in [-0.4, -0.2) is 21.1 Å². The van der Waals surface area contributed by atoms with Crippen molar-refractivity contribution in [1.29, 1.82) is 0 Å². The Bertz CT molecular complexity index is 608. The van der Waals surface area contributed by atoms with Crippen LogP contribution in [0.15, 0.2) is 18.2 Å². The van der Waals surface area contributed by atoms with Crippen LogP contribution in [0.2, 0.25) is 0 Å². The molecule has 0 radical (unpaired) electrons. The number of nitrogens with zero attached hydrogens (tertiary/aromatic N) is 2. The Morgan fingerprint density at radius 3 is 2.67 bits per heavy atom. The van der Waals surface area contributed by atoms with Crippen molar-refractivity contribution in [3.8, 4) is 0 Å². The summed E-state index contributed by atoms with van der Waals surface area (Å²) < 4.78 is 7.08. The molecule has 2 aromatic rings. The second-order valence-electron chi connectivity index (χ2n) is 5.23. The third kappa shape index (κ3) is 2.30. The number of esters is 1. The Labute approximate surface area is 106 Å². The first-order valence-corrected chi connectivity index (χ1v) is 5.73. The van der Waals surface area contributed by atoms with Gasteiger partial charge in [0.2, 0.25) is 5.95 Å². The molecule has 0 atom stereocenters. The van der Waals surface area contributed by atoms with E-state index >= 15 is 0 Å². The zero-order valence-electron chi connectivity index (χ0n) is 11.0. The number of nitrogen functional groups attached to an aromatic ring is 1. The van der Waals surface area contributed by atoms with Crippen LogP contribution in [0.4, 0.5) is 5.95 Å². The molecule has 0 saturated carbocycles. The summed E-state index contributed by atoms with van der Waals surface area (Å²) in [6, 6.07) is 5.23. The highest BCUT2D eigenvalue weighted by Gasteiger charge is 2.18. The van der Waals surface area contributed by atoms with E-state index in [9.17, 15) is 4.79 Å². The van der Waals surface area contributed by atoms with Crippen LogP contribution in [0, 0.1) is 0 Å². The Morgan fingerprint density at radius 2 is 2.06 bits per heavy atom. The SMILES string of the molecule is Cn1c(N)nc2cc(C(=O)OC(C)(C)C)ccc21. The number of imidazole rings is 1. The lowest BCUT2D eigenvalue weighted by atomic mass is 10.1. The normalized spacial score (nSPS) is 11.8. The van der Waals surface area contributed by atoms with Gasteiger partial charge in [0.1, 0.15) is 5.60 Å². The summed E-state index contributed by atoms with van der Waals surface area (Å²) in [4.78, 5) is 16.1. The van der Waals surface area contributed by atoms with E-state index in [2.05, 4.69) is 4.98 Å². The van der Waals surface area contributed by atoms with Crippen molar-refractivity contribution in [3.63, 3.8) is 0 Å². The fraction of sp³-hybridized carbons (Fsp3) is 0.385. The first-order valence-electron chi connectivity index (χ1n) is 5.73. The van der Waals surface area contributed by atoms with E-state index < -0.39 is 5.60 Å². The number of hydrogen-bond acceptors (Lipinski definition) is 4. The van der Waals surface area contributed by atoms with Crippen molar-refractivity contribution in [3.05, 3.63) is 23.8 Å². The molecule has 2 N–H and O–H groups in total. The lowest BCUT2D eigenvalue weighted by molar-refractivity contribution is 0.00697. The smallest absolute Gasteiger partial charge is 0.338 e. The number of ether oxygens (including phenoxy) is 1. The minimum atomic E-state index is -0.505. The Hall–Kier alpha value is -2.04. The minimum absolute atomic E-state index is 0.353. The van der Waals surface area contributed by atoms with Crippen LogP contribution in [0.5, 0.6) is 0 Å². The molecule has 0 amide bonds. The van der Waals surface area contributed by atoms with Gasteiger partial charge in [-0.3, -0.25) is 0 Å². The highest BCUT2D eigenvalue weighted by Crippen LogP contribution is 2.19. The summed E-state index contributed by atoms with van der Waals surface area (Å²) in [6.07, 6.45) is 0. The van der Waals surface area contributed by atoms with Crippen molar-refractivity contribution < 1.29 is 9.53 Å². The second kappa shape index (κ2) is 4.01. The number of nitrogens with two attached hydrogens (primary N) is 1. The number of fused-ring (bicyclic) bond motifs is 1. The van der Waals surface area contributed by atoms with Gasteiger partial charge in [-0.05, 0) is 39.0 Å². The maximum Gasteiger partial charge on any atom is 0.338 e. The number of anilines is 1. The number of benzene rings is 1. The summed E-state index contributed by atoms with van der Waals surface area (Å²) in [5.74, 6) is 0.0694. The van der Waals surface area contributed by atoms with E-state index in [1.54, 1.807) is 16.7 Å². The second-order valence-corrected chi connectivity index (χ2v) is 5.23. The van der Waals surface area contributed by atoms with Gasteiger partial charge >= 0.3 is 5.97 Å². The highest BCUT2D eigenvalue weighted by atomic mass is 16.6. The van der Waals surface area contributed by atoms with E-state index in [0.29, 0.717) is 17.0 Å². The van der Waals surface area contributed by atoms with E-state index in [1.165, 1.54) is 0 Å². The molecule has 0 aliphatic carbocycles. The largest absolute Gasteiger partial charge is 0.456 e. The lowest BCUT2D eigenvalue weighted by Crippen LogP contribution is -2.23. The van der Waals surface area contributed by atoms with E-state index in [0.717, 1.165) is 5.52 Å². The monoisotopic (exact) mass is 247 g/mol. The molecule has 96 valence electrons. The molecule has 0 aliphatic rings. The van der Waals surface area contributed by atoms with Gasteiger partial charge in [0.25, 0.3) is 0 Å². The van der Waals surface area contributed by atoms with Gasteiger partial charge in [-0.1, -0.05) is 0 Å². The molecular formula is C13H17N3O2. The van der Waals surface area contributed by atoms with Crippen molar-refractivity contribution in [2.24, 2.45) is 7.05 Å². The molecule has 1 aromatic heterocycles. The van der Waals surface area contributed by atoms with E-state index in [-0.39, 0.29) is 5.97 Å². The standard InChI is InChI=1S/C13H17N3O2/c1-13(2,3)18-11(17)8-5-6-10-9(7-8)15-12(14)16(10)4/h5-7H,1-4H3,(H2,14,15). The van der Waals surface area contributed by atoms with Crippen molar-refractivity contribution in [2.45, 2.75) is 26.4 Å². The maximum absolute atomic E-state index is 11.9. The maximum atomic E-state index is 11.9. The van der Waals surface area contributed by atoms with Crippen LogP contribution in [0.3, 0.4) is 0 Å². The summed E-state index contributed by atoms with van der Waals surface area (Å²) >= 11 is 0. The summed E-state index contributed by atoms with van der Waals surface area (Å²) in [5.41, 5.74) is 7.28. The van der Waals surface area contributed by atoms with Crippen LogP contribution in [0.25, 0.3) is 11.0 Å². The van der Waals surface area contributed by atoms with Crippen molar-refractivity contribution >= 4 is 23.0 Å². The number of aromatic nitrogens is 2. The number of rotatable bonds is 1.